The largest absolute Gasteiger partial charge is 0.314 e. The third-order valence-electron chi connectivity index (χ3n) is 1.70. The highest BCUT2D eigenvalue weighted by Crippen LogP contribution is 2.01. The Morgan fingerprint density at radius 1 is 1.50 bits per heavy atom. The zero-order valence-electron chi connectivity index (χ0n) is 12.2. The van der Waals surface area contributed by atoms with Crippen LogP contribution in [0.4, 0.5) is 0 Å². The summed E-state index contributed by atoms with van der Waals surface area (Å²) in [6, 6.07) is 9.34. The molecule has 0 saturated heterocycles. The van der Waals surface area contributed by atoms with Crippen LogP contribution in [0.5, 0.6) is 0 Å². The van der Waals surface area contributed by atoms with E-state index >= 15 is 0 Å². The monoisotopic (exact) mass is 168 g/mol. The quantitative estimate of drug-likeness (QED) is 0.727. The predicted octanol–water partition coefficient (Wildman–Crippen LogP) is 2.23. The van der Waals surface area contributed by atoms with Crippen molar-refractivity contribution in [2.24, 2.45) is 0 Å². The molecule has 0 aliphatic heterocycles. The van der Waals surface area contributed by atoms with E-state index in [9.17, 15) is 0 Å². The van der Waals surface area contributed by atoms with Crippen molar-refractivity contribution < 1.29 is 6.85 Å². The molecule has 1 nitrogen and oxygen atoms in total. The SMILES string of the molecule is [2H]C([2H])([2H])C([2H])([2H])NC(C)Cc1ccccc1. The van der Waals surface area contributed by atoms with Gasteiger partial charge in [-0.15, -0.1) is 0 Å². The number of hydrogen-bond acceptors (Lipinski definition) is 1. The molecule has 1 aromatic rings. The summed E-state index contributed by atoms with van der Waals surface area (Å²) >= 11 is 0. The molecule has 0 saturated carbocycles. The fourth-order valence-electron chi connectivity index (χ4n) is 1.14. The Labute approximate surface area is 81.8 Å². The lowest BCUT2D eigenvalue weighted by atomic mass is 10.1. The number of hydrogen-bond donors (Lipinski definition) is 1. The zero-order valence-corrected chi connectivity index (χ0v) is 7.17. The van der Waals surface area contributed by atoms with Gasteiger partial charge >= 0.3 is 0 Å². The highest BCUT2D eigenvalue weighted by atomic mass is 14.9. The second-order valence-electron chi connectivity index (χ2n) is 2.86. The molecule has 1 unspecified atom stereocenters. The van der Waals surface area contributed by atoms with Crippen LogP contribution >= 0.6 is 0 Å². The lowest BCUT2D eigenvalue weighted by molar-refractivity contribution is 0.565. The molecule has 0 aromatic heterocycles. The Bertz CT molecular complexity index is 347. The molecule has 12 heavy (non-hydrogen) atoms. The van der Waals surface area contributed by atoms with Crippen LogP contribution in [0, 0.1) is 0 Å². The third-order valence-corrected chi connectivity index (χ3v) is 1.70. The maximum absolute atomic E-state index is 7.47. The molecule has 0 heterocycles. The summed E-state index contributed by atoms with van der Waals surface area (Å²) in [6.07, 6.45) is 0.594. The van der Waals surface area contributed by atoms with Gasteiger partial charge in [0, 0.05) is 12.9 Å². The maximum atomic E-state index is 7.47. The first-order valence-electron chi connectivity index (χ1n) is 6.54. The van der Waals surface area contributed by atoms with Gasteiger partial charge in [0.25, 0.3) is 0 Å². The molecule has 1 rings (SSSR count). The standard InChI is InChI=1S/C11H17N/c1-3-12-10(2)9-11-7-5-4-6-8-11/h4-8,10,12H,3,9H2,1-2H3/i1D3,3D2. The molecule has 1 N–H and O–H groups in total. The van der Waals surface area contributed by atoms with E-state index in [1.54, 1.807) is 6.92 Å². The maximum Gasteiger partial charge on any atom is 0.0425 e. The summed E-state index contributed by atoms with van der Waals surface area (Å²) in [6.45, 7) is -3.24. The Kier molecular flexibility index (Phi) is 1.82. The van der Waals surface area contributed by atoms with Crippen molar-refractivity contribution in [1.29, 1.82) is 0 Å². The molecule has 0 amide bonds. The second-order valence-corrected chi connectivity index (χ2v) is 2.86. The summed E-state index contributed by atoms with van der Waals surface area (Å²) in [5.41, 5.74) is 1.05. The van der Waals surface area contributed by atoms with E-state index in [1.165, 1.54) is 0 Å². The Hall–Kier alpha value is -0.820. The normalized spacial score (nSPS) is 21.2. The van der Waals surface area contributed by atoms with Gasteiger partial charge in [-0.1, -0.05) is 37.2 Å². The van der Waals surface area contributed by atoms with Crippen LogP contribution in [-0.4, -0.2) is 12.5 Å². The Morgan fingerprint density at radius 2 is 2.25 bits per heavy atom. The van der Waals surface area contributed by atoms with Gasteiger partial charge in [0.15, 0.2) is 0 Å². The van der Waals surface area contributed by atoms with Crippen LogP contribution in [0.15, 0.2) is 30.3 Å². The Balaban J connectivity index is 2.59. The molecule has 0 aliphatic rings. The average molecular weight is 168 g/mol. The lowest BCUT2D eigenvalue weighted by Gasteiger charge is -2.11. The first kappa shape index (κ1) is 4.43. The van der Waals surface area contributed by atoms with E-state index in [0.717, 1.165) is 5.56 Å². The molecule has 1 atom stereocenters. The number of likely N-dealkylation sites (N-methyl/N-ethyl adjacent to an activating group) is 1. The van der Waals surface area contributed by atoms with Crippen LogP contribution in [-0.2, 0) is 6.42 Å². The van der Waals surface area contributed by atoms with Gasteiger partial charge in [-0.05, 0) is 25.4 Å². The minimum atomic E-state index is -2.65. The summed E-state index contributed by atoms with van der Waals surface area (Å²) in [5.74, 6) is 0. The van der Waals surface area contributed by atoms with E-state index in [-0.39, 0.29) is 6.04 Å². The summed E-state index contributed by atoms with van der Waals surface area (Å²) in [7, 11) is 0. The highest BCUT2D eigenvalue weighted by molar-refractivity contribution is 5.15. The van der Waals surface area contributed by atoms with Crippen molar-refractivity contribution in [3.8, 4) is 0 Å². The first-order chi connectivity index (χ1) is 7.72. The molecule has 1 aromatic carbocycles. The topological polar surface area (TPSA) is 12.0 Å². The molecule has 0 aliphatic carbocycles. The van der Waals surface area contributed by atoms with Gasteiger partial charge in [-0.3, -0.25) is 0 Å². The second kappa shape index (κ2) is 4.94. The average Bonchev–Trinajstić information content (AvgIpc) is 2.16. The fraction of sp³-hybridized carbons (Fsp3) is 0.455. The third kappa shape index (κ3) is 3.05. The van der Waals surface area contributed by atoms with E-state index in [4.69, 9.17) is 6.85 Å². The Morgan fingerprint density at radius 3 is 2.92 bits per heavy atom. The van der Waals surface area contributed by atoms with Crippen LogP contribution in [0.2, 0.25) is 0 Å². The summed E-state index contributed by atoms with van der Waals surface area (Å²) < 4.78 is 36.2. The van der Waals surface area contributed by atoms with Crippen LogP contribution in [0.3, 0.4) is 0 Å². The smallest absolute Gasteiger partial charge is 0.0425 e. The molecule has 0 bridgehead atoms. The molecule has 1 heteroatoms. The fourth-order valence-corrected chi connectivity index (χ4v) is 1.14. The van der Waals surface area contributed by atoms with Crippen LogP contribution in [0.25, 0.3) is 0 Å². The molecular weight excluding hydrogens is 146 g/mol. The van der Waals surface area contributed by atoms with E-state index in [2.05, 4.69) is 5.32 Å². The predicted molar refractivity (Wildman–Crippen MR) is 53.3 cm³/mol. The minimum Gasteiger partial charge on any atom is -0.314 e. The van der Waals surface area contributed by atoms with Crippen LogP contribution in [0.1, 0.15) is 26.2 Å². The molecular formula is C11H17N. The van der Waals surface area contributed by atoms with Crippen molar-refractivity contribution >= 4 is 0 Å². The van der Waals surface area contributed by atoms with Gasteiger partial charge < -0.3 is 5.32 Å². The lowest BCUT2D eigenvalue weighted by Crippen LogP contribution is -2.27. The van der Waals surface area contributed by atoms with E-state index in [0.29, 0.717) is 6.42 Å². The number of benzene rings is 1. The zero-order chi connectivity index (χ0) is 13.1. The van der Waals surface area contributed by atoms with Gasteiger partial charge in [0.2, 0.25) is 0 Å². The number of rotatable bonds is 4. The summed E-state index contributed by atoms with van der Waals surface area (Å²) in [5, 5.41) is 2.52. The molecule has 0 fully saturated rings. The molecule has 0 spiro atoms. The van der Waals surface area contributed by atoms with E-state index in [1.807, 2.05) is 30.3 Å². The van der Waals surface area contributed by atoms with Crippen molar-refractivity contribution in [3.63, 3.8) is 0 Å². The van der Waals surface area contributed by atoms with Crippen molar-refractivity contribution in [2.75, 3.05) is 6.50 Å². The first-order valence-corrected chi connectivity index (χ1v) is 4.04. The molecule has 0 radical (unpaired) electrons. The van der Waals surface area contributed by atoms with E-state index < -0.39 is 13.3 Å². The van der Waals surface area contributed by atoms with Crippen molar-refractivity contribution in [3.05, 3.63) is 35.9 Å². The van der Waals surface area contributed by atoms with Crippen LogP contribution < -0.4 is 5.32 Å². The van der Waals surface area contributed by atoms with Gasteiger partial charge in [0.05, 0.1) is 0 Å². The summed E-state index contributed by atoms with van der Waals surface area (Å²) in [4.78, 5) is 0. The van der Waals surface area contributed by atoms with Crippen molar-refractivity contribution in [2.45, 2.75) is 26.2 Å². The van der Waals surface area contributed by atoms with Gasteiger partial charge in [-0.25, -0.2) is 0 Å². The van der Waals surface area contributed by atoms with Crippen molar-refractivity contribution in [1.82, 2.24) is 5.32 Å². The number of nitrogens with one attached hydrogen (secondary N) is 1. The molecule has 66 valence electrons. The highest BCUT2D eigenvalue weighted by Gasteiger charge is 1.99. The van der Waals surface area contributed by atoms with Gasteiger partial charge in [-0.2, -0.15) is 0 Å². The minimum absolute atomic E-state index is 0.243. The van der Waals surface area contributed by atoms with Gasteiger partial charge in [0.1, 0.15) is 0 Å².